The number of aromatic hydroxyl groups is 1. The van der Waals surface area contributed by atoms with Gasteiger partial charge in [0.05, 0.1) is 12.7 Å². The largest absolute Gasteiger partial charge is 0.504 e. The van der Waals surface area contributed by atoms with Crippen LogP contribution >= 0.6 is 0 Å². The molecule has 82 valence electrons. The lowest BCUT2D eigenvalue weighted by molar-refractivity contribution is 0.0981. The van der Waals surface area contributed by atoms with E-state index >= 15 is 0 Å². The smallest absolute Gasteiger partial charge is 0.167 e. The summed E-state index contributed by atoms with van der Waals surface area (Å²) in [7, 11) is 1.32. The summed E-state index contributed by atoms with van der Waals surface area (Å²) in [5.74, 6) is -1.45. The Bertz CT molecular complexity index is 379. The molecule has 1 aromatic rings. The molecule has 0 aliphatic rings. The second kappa shape index (κ2) is 4.75. The first-order valence-electron chi connectivity index (χ1n) is 4.40. The second-order valence-electron chi connectivity index (χ2n) is 2.97. The van der Waals surface area contributed by atoms with E-state index in [0.29, 0.717) is 0 Å². The van der Waals surface area contributed by atoms with E-state index in [4.69, 9.17) is 10.5 Å². The number of nitrogens with two attached hydrogens (primary N) is 1. The van der Waals surface area contributed by atoms with Crippen LogP contribution in [-0.4, -0.2) is 24.5 Å². The topological polar surface area (TPSA) is 72.5 Å². The molecule has 0 aliphatic carbocycles. The summed E-state index contributed by atoms with van der Waals surface area (Å²) in [6.07, 6.45) is 0.0604. The molecule has 0 saturated carbocycles. The molecule has 0 unspecified atom stereocenters. The quantitative estimate of drug-likeness (QED) is 0.734. The molecule has 0 radical (unpaired) electrons. The Labute approximate surface area is 86.5 Å². The maximum atomic E-state index is 13.3. The molecule has 0 atom stereocenters. The molecular weight excluding hydrogens is 201 g/mol. The van der Waals surface area contributed by atoms with E-state index in [2.05, 4.69) is 0 Å². The van der Waals surface area contributed by atoms with Crippen LogP contribution in [0.5, 0.6) is 11.5 Å². The maximum absolute atomic E-state index is 13.3. The van der Waals surface area contributed by atoms with Gasteiger partial charge in [0.1, 0.15) is 5.82 Å². The van der Waals surface area contributed by atoms with Crippen LogP contribution < -0.4 is 10.5 Å². The van der Waals surface area contributed by atoms with E-state index in [1.165, 1.54) is 13.2 Å². The molecule has 0 aliphatic heterocycles. The van der Waals surface area contributed by atoms with Crippen LogP contribution in [0.25, 0.3) is 0 Å². The molecule has 0 amide bonds. The molecule has 0 saturated heterocycles. The van der Waals surface area contributed by atoms with Crippen molar-refractivity contribution in [2.45, 2.75) is 6.42 Å². The van der Waals surface area contributed by atoms with Crippen LogP contribution in [0.4, 0.5) is 4.39 Å². The third-order valence-corrected chi connectivity index (χ3v) is 1.94. The van der Waals surface area contributed by atoms with Gasteiger partial charge in [0.2, 0.25) is 0 Å². The van der Waals surface area contributed by atoms with Crippen LogP contribution in [0, 0.1) is 5.82 Å². The minimum atomic E-state index is -0.772. The summed E-state index contributed by atoms with van der Waals surface area (Å²) < 4.78 is 18.0. The van der Waals surface area contributed by atoms with Crippen molar-refractivity contribution in [2.75, 3.05) is 13.7 Å². The van der Waals surface area contributed by atoms with Crippen LogP contribution in [0.2, 0.25) is 0 Å². The Kier molecular flexibility index (Phi) is 3.62. The molecule has 15 heavy (non-hydrogen) atoms. The van der Waals surface area contributed by atoms with Crippen LogP contribution in [0.3, 0.4) is 0 Å². The first-order valence-corrected chi connectivity index (χ1v) is 4.40. The van der Waals surface area contributed by atoms with Crippen molar-refractivity contribution in [3.05, 3.63) is 23.5 Å². The molecule has 3 N–H and O–H groups in total. The highest BCUT2D eigenvalue weighted by Crippen LogP contribution is 2.29. The summed E-state index contributed by atoms with van der Waals surface area (Å²) in [5.41, 5.74) is 5.08. The fourth-order valence-corrected chi connectivity index (χ4v) is 1.19. The van der Waals surface area contributed by atoms with E-state index in [9.17, 15) is 14.3 Å². The minimum Gasteiger partial charge on any atom is -0.504 e. The first-order chi connectivity index (χ1) is 7.10. The highest BCUT2D eigenvalue weighted by molar-refractivity contribution is 5.97. The number of hydrogen-bond donors (Lipinski definition) is 2. The van der Waals surface area contributed by atoms with E-state index in [0.717, 1.165) is 6.07 Å². The van der Waals surface area contributed by atoms with Crippen molar-refractivity contribution in [2.24, 2.45) is 5.73 Å². The lowest BCUT2D eigenvalue weighted by atomic mass is 10.1. The Morgan fingerprint density at radius 2 is 2.27 bits per heavy atom. The van der Waals surface area contributed by atoms with Gasteiger partial charge in [-0.2, -0.15) is 0 Å². The number of benzene rings is 1. The van der Waals surface area contributed by atoms with E-state index in [-0.39, 0.29) is 30.0 Å². The van der Waals surface area contributed by atoms with E-state index in [1.807, 2.05) is 0 Å². The van der Waals surface area contributed by atoms with Gasteiger partial charge in [0.15, 0.2) is 17.3 Å². The van der Waals surface area contributed by atoms with Gasteiger partial charge in [0, 0.05) is 12.5 Å². The first kappa shape index (κ1) is 11.5. The van der Waals surface area contributed by atoms with Crippen molar-refractivity contribution < 1.29 is 19.0 Å². The number of ether oxygens (including phenoxy) is 1. The predicted octanol–water partition coefficient (Wildman–Crippen LogP) is 1.07. The summed E-state index contributed by atoms with van der Waals surface area (Å²) in [5, 5.41) is 9.23. The third kappa shape index (κ3) is 2.44. The van der Waals surface area contributed by atoms with Gasteiger partial charge in [-0.3, -0.25) is 4.79 Å². The van der Waals surface area contributed by atoms with Gasteiger partial charge in [-0.15, -0.1) is 0 Å². The van der Waals surface area contributed by atoms with Gasteiger partial charge in [-0.1, -0.05) is 0 Å². The number of Topliss-reactive ketones (excluding diaryl/α,β-unsaturated/α-hetero) is 1. The van der Waals surface area contributed by atoms with Crippen molar-refractivity contribution >= 4 is 5.78 Å². The Morgan fingerprint density at radius 1 is 1.60 bits per heavy atom. The molecule has 5 heteroatoms. The number of hydrogen-bond acceptors (Lipinski definition) is 4. The highest BCUT2D eigenvalue weighted by atomic mass is 19.1. The Morgan fingerprint density at radius 3 is 2.80 bits per heavy atom. The van der Waals surface area contributed by atoms with Gasteiger partial charge in [-0.05, 0) is 12.6 Å². The van der Waals surface area contributed by atoms with Crippen molar-refractivity contribution in [3.8, 4) is 11.5 Å². The number of ketones is 1. The average molecular weight is 213 g/mol. The Hall–Kier alpha value is -1.62. The third-order valence-electron chi connectivity index (χ3n) is 1.94. The molecule has 0 heterocycles. The van der Waals surface area contributed by atoms with E-state index < -0.39 is 11.6 Å². The standard InChI is InChI=1S/C10H12FNO3/c1-15-10-4-6(8(13)2-3-12)7(11)5-9(10)14/h4-5,14H,2-3,12H2,1H3. The van der Waals surface area contributed by atoms with E-state index in [1.54, 1.807) is 0 Å². The minimum absolute atomic E-state index is 0.0604. The van der Waals surface area contributed by atoms with Crippen molar-refractivity contribution in [3.63, 3.8) is 0 Å². The fraction of sp³-hybridized carbons (Fsp3) is 0.300. The van der Waals surface area contributed by atoms with Gasteiger partial charge < -0.3 is 15.6 Å². The lowest BCUT2D eigenvalue weighted by Gasteiger charge is -2.06. The maximum Gasteiger partial charge on any atom is 0.167 e. The molecule has 0 aromatic heterocycles. The molecule has 0 bridgehead atoms. The van der Waals surface area contributed by atoms with Crippen molar-refractivity contribution in [1.29, 1.82) is 0 Å². The summed E-state index contributed by atoms with van der Waals surface area (Å²) in [6.45, 7) is 0.154. The zero-order chi connectivity index (χ0) is 11.4. The van der Waals surface area contributed by atoms with Crippen molar-refractivity contribution in [1.82, 2.24) is 0 Å². The number of methoxy groups -OCH3 is 1. The fourth-order valence-electron chi connectivity index (χ4n) is 1.19. The molecule has 0 fully saturated rings. The predicted molar refractivity (Wildman–Crippen MR) is 52.6 cm³/mol. The number of carbonyl (C=O) groups is 1. The molecule has 1 rings (SSSR count). The number of rotatable bonds is 4. The number of carbonyl (C=O) groups excluding carboxylic acids is 1. The molecule has 0 spiro atoms. The van der Waals surface area contributed by atoms with Gasteiger partial charge in [0.25, 0.3) is 0 Å². The van der Waals surface area contributed by atoms with Gasteiger partial charge in [-0.25, -0.2) is 4.39 Å². The molecule has 1 aromatic carbocycles. The summed E-state index contributed by atoms with van der Waals surface area (Å²) in [6, 6.07) is 2.02. The number of phenolic OH excluding ortho intramolecular Hbond substituents is 1. The van der Waals surface area contributed by atoms with Crippen LogP contribution in [0.1, 0.15) is 16.8 Å². The summed E-state index contributed by atoms with van der Waals surface area (Å²) in [4.78, 5) is 11.4. The lowest BCUT2D eigenvalue weighted by Crippen LogP contribution is -2.10. The monoisotopic (exact) mass is 213 g/mol. The SMILES string of the molecule is COc1cc(C(=O)CCN)c(F)cc1O. The van der Waals surface area contributed by atoms with Crippen LogP contribution in [-0.2, 0) is 0 Å². The normalized spacial score (nSPS) is 10.1. The highest BCUT2D eigenvalue weighted by Gasteiger charge is 2.15. The number of halogens is 1. The Balaban J connectivity index is 3.12. The van der Waals surface area contributed by atoms with Crippen LogP contribution in [0.15, 0.2) is 12.1 Å². The average Bonchev–Trinajstić information content (AvgIpc) is 2.18. The zero-order valence-electron chi connectivity index (χ0n) is 8.29. The number of phenols is 1. The summed E-state index contributed by atoms with van der Waals surface area (Å²) >= 11 is 0. The second-order valence-corrected chi connectivity index (χ2v) is 2.97. The van der Waals surface area contributed by atoms with Gasteiger partial charge >= 0.3 is 0 Å². The molecule has 4 nitrogen and oxygen atoms in total. The zero-order valence-corrected chi connectivity index (χ0v) is 8.29. The molecular formula is C10H12FNO3.